The van der Waals surface area contributed by atoms with Gasteiger partial charge in [0.25, 0.3) is 0 Å². The summed E-state index contributed by atoms with van der Waals surface area (Å²) in [6.45, 7) is -2.15. The predicted molar refractivity (Wildman–Crippen MR) is 186 cm³/mol. The van der Waals surface area contributed by atoms with E-state index in [1.807, 2.05) is 0 Å². The Hall–Kier alpha value is -4.31. The monoisotopic (exact) mass is 832 g/mol. The lowest BCUT2D eigenvalue weighted by molar-refractivity contribution is -0.349. The summed E-state index contributed by atoms with van der Waals surface area (Å²) >= 11 is 0. The van der Waals surface area contributed by atoms with Gasteiger partial charge in [0.05, 0.1) is 41.2 Å². The van der Waals surface area contributed by atoms with Crippen molar-refractivity contribution in [2.24, 2.45) is 0 Å². The van der Waals surface area contributed by atoms with Gasteiger partial charge in [-0.15, -0.1) is 0 Å². The topological polar surface area (TPSA) is 356 Å². The molecule has 3 aliphatic rings. The van der Waals surface area contributed by atoms with E-state index in [2.05, 4.69) is 0 Å². The van der Waals surface area contributed by atoms with Gasteiger partial charge >= 0.3 is 0 Å². The lowest BCUT2D eigenvalue weighted by Crippen LogP contribution is -2.64. The van der Waals surface area contributed by atoms with E-state index in [-0.39, 0.29) is 17.1 Å². The maximum atomic E-state index is 14.5. The van der Waals surface area contributed by atoms with Crippen molar-refractivity contribution in [3.63, 3.8) is 0 Å². The minimum absolute atomic E-state index is 0.0348. The van der Waals surface area contributed by atoms with Crippen LogP contribution in [0.25, 0.3) is 22.3 Å². The Labute approximate surface area is 326 Å². The number of phenols is 3. The van der Waals surface area contributed by atoms with E-state index in [1.165, 1.54) is 25.3 Å². The van der Waals surface area contributed by atoms with E-state index < -0.39 is 157 Å². The first-order chi connectivity index (χ1) is 27.6. The molecular weight excluding hydrogens is 788 g/mol. The molecule has 322 valence electrons. The zero-order chi connectivity index (χ0) is 42.3. The van der Waals surface area contributed by atoms with Gasteiger partial charge in [-0.3, -0.25) is 4.79 Å². The number of fused-ring (bicyclic) bond motifs is 1. The maximum absolute atomic E-state index is 14.5. The normalized spacial score (nSPS) is 34.1. The fraction of sp³-hybridized carbons (Fsp3) is 0.571. The molecule has 4 heterocycles. The summed E-state index contributed by atoms with van der Waals surface area (Å²) in [5.41, 5.74) is -1.74. The van der Waals surface area contributed by atoms with Crippen molar-refractivity contribution in [1.82, 2.24) is 0 Å². The minimum Gasteiger partial charge on any atom is -0.504 e. The van der Waals surface area contributed by atoms with Crippen molar-refractivity contribution in [3.8, 4) is 51.6 Å². The number of hydrogen-bond acceptors (Lipinski definition) is 23. The third-order valence-corrected chi connectivity index (χ3v) is 9.90. The Balaban J connectivity index is 1.44. The van der Waals surface area contributed by atoms with Gasteiger partial charge in [-0.25, -0.2) is 0 Å². The van der Waals surface area contributed by atoms with Crippen LogP contribution < -0.4 is 24.4 Å². The summed E-state index contributed by atoms with van der Waals surface area (Å²) in [6, 6.07) is 3.65. The third kappa shape index (κ3) is 7.78. The summed E-state index contributed by atoms with van der Waals surface area (Å²) in [5.74, 6) is -4.51. The molecule has 2 aromatic carbocycles. The molecule has 3 fully saturated rings. The third-order valence-electron chi connectivity index (χ3n) is 9.90. The predicted octanol–water partition coefficient (Wildman–Crippen LogP) is -3.93. The van der Waals surface area contributed by atoms with E-state index in [9.17, 15) is 66.1 Å². The highest BCUT2D eigenvalue weighted by Crippen LogP contribution is 2.51. The number of aliphatic hydroxyl groups is 9. The molecule has 3 aliphatic heterocycles. The SMILES string of the molecule is COc1cc(-c2oc3c(OC)c(O)c(OC)c(O)c3c(=O)c2O[C@@H]2O[C@@H](CO[C@@H]3O[C@H](CO)[C@H](O)[C@H](O)[C@H]3O)[C@H](O)[C@H](O[C@H]3OC[C@H](O)[C@H](O)[C@@H]3O)[C@H]2O)ccc1O. The first kappa shape index (κ1) is 43.3. The van der Waals surface area contributed by atoms with Crippen molar-refractivity contribution in [1.29, 1.82) is 0 Å². The fourth-order valence-corrected chi connectivity index (χ4v) is 6.69. The number of phenolic OH excluding ortho intramolecular Hbond substituents is 3. The Kier molecular flexibility index (Phi) is 13.1. The van der Waals surface area contributed by atoms with E-state index in [4.69, 9.17) is 47.0 Å². The van der Waals surface area contributed by atoms with Crippen LogP contribution >= 0.6 is 0 Å². The van der Waals surface area contributed by atoms with Gasteiger partial charge < -0.3 is 108 Å². The van der Waals surface area contributed by atoms with Gasteiger partial charge in [-0.1, -0.05) is 0 Å². The second-order valence-corrected chi connectivity index (χ2v) is 13.5. The van der Waals surface area contributed by atoms with Crippen LogP contribution in [0.4, 0.5) is 0 Å². The fourth-order valence-electron chi connectivity index (χ4n) is 6.69. The average molecular weight is 833 g/mol. The smallest absolute Gasteiger partial charge is 0.239 e. The van der Waals surface area contributed by atoms with Crippen LogP contribution in [0.1, 0.15) is 0 Å². The van der Waals surface area contributed by atoms with E-state index >= 15 is 0 Å². The van der Waals surface area contributed by atoms with Crippen molar-refractivity contribution < 1.29 is 108 Å². The Morgan fingerprint density at radius 3 is 2.03 bits per heavy atom. The number of aliphatic hydroxyl groups excluding tert-OH is 9. The Morgan fingerprint density at radius 2 is 1.38 bits per heavy atom. The quantitative estimate of drug-likeness (QED) is 0.0829. The molecule has 0 spiro atoms. The molecule has 0 unspecified atom stereocenters. The van der Waals surface area contributed by atoms with Crippen LogP contribution in [0.5, 0.6) is 40.2 Å². The lowest BCUT2D eigenvalue weighted by atomic mass is 9.97. The van der Waals surface area contributed by atoms with Crippen LogP contribution in [-0.2, 0) is 23.7 Å². The summed E-state index contributed by atoms with van der Waals surface area (Å²) in [7, 11) is 3.43. The van der Waals surface area contributed by atoms with Crippen LogP contribution in [0, 0.1) is 0 Å². The van der Waals surface area contributed by atoms with E-state index in [0.717, 1.165) is 14.2 Å². The lowest BCUT2D eigenvalue weighted by Gasteiger charge is -2.45. The minimum atomic E-state index is -2.15. The molecule has 14 atom stereocenters. The molecule has 0 saturated carbocycles. The highest BCUT2D eigenvalue weighted by molar-refractivity contribution is 5.96. The van der Waals surface area contributed by atoms with E-state index in [1.54, 1.807) is 0 Å². The zero-order valence-corrected chi connectivity index (χ0v) is 30.8. The zero-order valence-electron chi connectivity index (χ0n) is 30.8. The van der Waals surface area contributed by atoms with Gasteiger partial charge in [0.1, 0.15) is 72.5 Å². The second kappa shape index (κ2) is 17.5. The number of rotatable bonds is 12. The number of methoxy groups -OCH3 is 3. The molecule has 0 radical (unpaired) electrons. The van der Waals surface area contributed by atoms with Crippen molar-refractivity contribution in [2.75, 3.05) is 41.2 Å². The number of aromatic hydroxyl groups is 3. The van der Waals surface area contributed by atoms with Crippen LogP contribution in [0.3, 0.4) is 0 Å². The molecule has 58 heavy (non-hydrogen) atoms. The maximum Gasteiger partial charge on any atom is 0.239 e. The molecular formula is C35H44O23. The highest BCUT2D eigenvalue weighted by atomic mass is 16.7. The number of ether oxygens (including phenoxy) is 9. The van der Waals surface area contributed by atoms with Gasteiger partial charge in [0, 0.05) is 5.56 Å². The molecule has 12 N–H and O–H groups in total. The van der Waals surface area contributed by atoms with Crippen LogP contribution in [0.2, 0.25) is 0 Å². The molecule has 3 aromatic rings. The molecule has 23 nitrogen and oxygen atoms in total. The van der Waals surface area contributed by atoms with Crippen molar-refractivity contribution in [3.05, 3.63) is 28.4 Å². The molecule has 3 saturated heterocycles. The summed E-state index contributed by atoms with van der Waals surface area (Å²) in [4.78, 5) is 14.5. The molecule has 0 aliphatic carbocycles. The van der Waals surface area contributed by atoms with Gasteiger partial charge in [-0.2, -0.15) is 0 Å². The van der Waals surface area contributed by atoms with Gasteiger partial charge in [0.2, 0.25) is 34.7 Å². The largest absolute Gasteiger partial charge is 0.504 e. The standard InChI is InChI=1S/C35H44O23/c1-49-13-6-10(4-5-11(13)37)27-32(21(43)16-20(42)29(50-2)25(47)31(51-3)28(16)56-27)58-35-26(48)30(57-34-23(45)17(39)12(38)8-52-34)19(41)15(55-35)9-53-33-24(46)22(44)18(40)14(7-36)54-33/h4-6,12,14-15,17-19,22-24,26,30,33-42,44-48H,7-9H2,1-3H3/t12-,14+,15-,17-,18-,19-,22-,23-,24+,26+,30-,33+,34+,35-/m0/s1. The van der Waals surface area contributed by atoms with Crippen LogP contribution in [0.15, 0.2) is 27.4 Å². The molecule has 23 heteroatoms. The summed E-state index contributed by atoms with van der Waals surface area (Å²) < 4.78 is 55.5. The number of hydrogen-bond donors (Lipinski definition) is 12. The highest BCUT2D eigenvalue weighted by Gasteiger charge is 2.52. The first-order valence-corrected chi connectivity index (χ1v) is 17.5. The molecule has 0 bridgehead atoms. The molecule has 1 aromatic heterocycles. The van der Waals surface area contributed by atoms with Gasteiger partial charge in [0.15, 0.2) is 41.2 Å². The average Bonchev–Trinajstić information content (AvgIpc) is 3.20. The van der Waals surface area contributed by atoms with E-state index in [0.29, 0.717) is 0 Å². The molecule has 0 amide bonds. The number of benzene rings is 2. The van der Waals surface area contributed by atoms with Crippen molar-refractivity contribution in [2.45, 2.75) is 86.0 Å². The summed E-state index contributed by atoms with van der Waals surface area (Å²) in [5, 5.41) is 126. The first-order valence-electron chi connectivity index (χ1n) is 17.5. The van der Waals surface area contributed by atoms with Crippen LogP contribution in [-0.4, -0.2) is 188 Å². The van der Waals surface area contributed by atoms with Crippen molar-refractivity contribution >= 4 is 11.0 Å². The Morgan fingerprint density at radius 1 is 0.707 bits per heavy atom. The molecule has 6 rings (SSSR count). The van der Waals surface area contributed by atoms with Gasteiger partial charge in [-0.05, 0) is 18.2 Å². The summed E-state index contributed by atoms with van der Waals surface area (Å²) in [6.07, 6.45) is -25.5. The second-order valence-electron chi connectivity index (χ2n) is 13.5. The Bertz CT molecular complexity index is 1970.